The molecule has 2 aliphatic heterocycles. The van der Waals surface area contributed by atoms with Crippen molar-refractivity contribution in [3.63, 3.8) is 0 Å². The second-order valence-corrected chi connectivity index (χ2v) is 10.6. The summed E-state index contributed by atoms with van der Waals surface area (Å²) < 4.78 is 14.1. The fraction of sp³-hybridized carbons (Fsp3) is 0.357. The van der Waals surface area contributed by atoms with Crippen molar-refractivity contribution in [1.29, 1.82) is 0 Å². The van der Waals surface area contributed by atoms with Gasteiger partial charge in [-0.2, -0.15) is 0 Å². The molecule has 3 heterocycles. The summed E-state index contributed by atoms with van der Waals surface area (Å²) in [6.45, 7) is 6.41. The quantitative estimate of drug-likeness (QED) is 0.547. The topological polar surface area (TPSA) is 55.9 Å². The highest BCUT2D eigenvalue weighted by atomic mass is 32.1. The number of hydrogen-bond acceptors (Lipinski definition) is 4. The number of nitrogens with one attached hydrogen (secondary N) is 1. The standard InChI is InChI=1S/C28H31FN4O2S/c1-19-6-3-4-9-24(19)30-28(35)33-14-13-31(17-20(33)2)26(34)18-32-12-10-25-23(11-15-36-25)27(32)21-7-5-8-22(29)16-21/h3-9,11,15-16,20,27H,10,12-14,17-18H2,1-2H3,(H,30,35). The third-order valence-electron chi connectivity index (χ3n) is 7.20. The van der Waals surface area contributed by atoms with Gasteiger partial charge in [-0.25, -0.2) is 9.18 Å². The maximum atomic E-state index is 14.1. The minimum atomic E-state index is -0.268. The molecule has 2 atom stereocenters. The first kappa shape index (κ1) is 24.5. The van der Waals surface area contributed by atoms with Crippen molar-refractivity contribution in [1.82, 2.24) is 14.7 Å². The number of piperazine rings is 1. The van der Waals surface area contributed by atoms with E-state index >= 15 is 0 Å². The van der Waals surface area contributed by atoms with Crippen LogP contribution in [0.1, 0.15) is 34.5 Å². The lowest BCUT2D eigenvalue weighted by Gasteiger charge is -2.41. The van der Waals surface area contributed by atoms with Gasteiger partial charge in [-0.15, -0.1) is 11.3 Å². The van der Waals surface area contributed by atoms with Crippen molar-refractivity contribution in [3.8, 4) is 0 Å². The monoisotopic (exact) mass is 506 g/mol. The van der Waals surface area contributed by atoms with Gasteiger partial charge < -0.3 is 15.1 Å². The van der Waals surface area contributed by atoms with E-state index in [1.165, 1.54) is 10.9 Å². The van der Waals surface area contributed by atoms with Crippen molar-refractivity contribution < 1.29 is 14.0 Å². The molecule has 1 fully saturated rings. The summed E-state index contributed by atoms with van der Waals surface area (Å²) in [5.41, 5.74) is 3.84. The number of rotatable bonds is 4. The molecule has 0 bridgehead atoms. The molecular weight excluding hydrogens is 475 g/mol. The zero-order valence-electron chi connectivity index (χ0n) is 20.6. The van der Waals surface area contributed by atoms with E-state index in [0.717, 1.165) is 35.3 Å². The van der Waals surface area contributed by atoms with E-state index in [1.54, 1.807) is 28.4 Å². The van der Waals surface area contributed by atoms with Gasteiger partial charge in [0.05, 0.1) is 12.6 Å². The van der Waals surface area contributed by atoms with Gasteiger partial charge in [0.15, 0.2) is 0 Å². The first-order chi connectivity index (χ1) is 17.4. The molecule has 6 nitrogen and oxygen atoms in total. The molecule has 5 rings (SSSR count). The number of anilines is 1. The number of carbonyl (C=O) groups is 2. The van der Waals surface area contributed by atoms with E-state index in [2.05, 4.69) is 21.7 Å². The van der Waals surface area contributed by atoms with Crippen molar-refractivity contribution in [3.05, 3.63) is 87.4 Å². The third-order valence-corrected chi connectivity index (χ3v) is 8.19. The van der Waals surface area contributed by atoms with Crippen LogP contribution in [0.2, 0.25) is 0 Å². The molecule has 36 heavy (non-hydrogen) atoms. The summed E-state index contributed by atoms with van der Waals surface area (Å²) in [7, 11) is 0. The fourth-order valence-corrected chi connectivity index (χ4v) is 6.17. The molecule has 2 aromatic carbocycles. The molecule has 1 aromatic heterocycles. The number of para-hydroxylation sites is 1. The fourth-order valence-electron chi connectivity index (χ4n) is 5.27. The van der Waals surface area contributed by atoms with Gasteiger partial charge in [0, 0.05) is 42.8 Å². The van der Waals surface area contributed by atoms with Crippen LogP contribution in [0.25, 0.3) is 0 Å². The minimum Gasteiger partial charge on any atom is -0.338 e. The Balaban J connectivity index is 1.25. The second-order valence-electron chi connectivity index (χ2n) is 9.60. The molecule has 0 spiro atoms. The lowest BCUT2D eigenvalue weighted by Crippen LogP contribution is -2.58. The summed E-state index contributed by atoms with van der Waals surface area (Å²) in [6.07, 6.45) is 0.884. The van der Waals surface area contributed by atoms with Gasteiger partial charge >= 0.3 is 6.03 Å². The van der Waals surface area contributed by atoms with Gasteiger partial charge in [0.1, 0.15) is 5.82 Å². The smallest absolute Gasteiger partial charge is 0.322 e. The summed E-state index contributed by atoms with van der Waals surface area (Å²) in [5, 5.41) is 5.08. The molecule has 3 amide bonds. The molecule has 2 aliphatic rings. The van der Waals surface area contributed by atoms with Crippen molar-refractivity contribution in [2.75, 3.05) is 38.0 Å². The van der Waals surface area contributed by atoms with Crippen LogP contribution in [0.4, 0.5) is 14.9 Å². The van der Waals surface area contributed by atoms with Gasteiger partial charge in [0.25, 0.3) is 0 Å². The van der Waals surface area contributed by atoms with Crippen LogP contribution in [-0.4, -0.2) is 65.4 Å². The molecule has 0 aliphatic carbocycles. The van der Waals surface area contributed by atoms with E-state index in [0.29, 0.717) is 19.6 Å². The van der Waals surface area contributed by atoms with Crippen molar-refractivity contribution in [2.45, 2.75) is 32.4 Å². The second kappa shape index (κ2) is 10.4. The normalized spacial score (nSPS) is 20.2. The number of hydrogen-bond donors (Lipinski definition) is 1. The SMILES string of the molecule is Cc1ccccc1NC(=O)N1CCN(C(=O)CN2CCc3sccc3C2c2cccc(F)c2)CC1C. The maximum Gasteiger partial charge on any atom is 0.322 e. The summed E-state index contributed by atoms with van der Waals surface area (Å²) in [6, 6.07) is 16.1. The number of carbonyl (C=O) groups excluding carboxylic acids is 2. The molecule has 1 N–H and O–H groups in total. The van der Waals surface area contributed by atoms with Crippen LogP contribution in [-0.2, 0) is 11.2 Å². The summed E-state index contributed by atoms with van der Waals surface area (Å²) in [4.78, 5) is 33.4. The number of nitrogens with zero attached hydrogens (tertiary/aromatic N) is 3. The first-order valence-electron chi connectivity index (χ1n) is 12.4. The summed E-state index contributed by atoms with van der Waals surface area (Å²) >= 11 is 1.72. The summed E-state index contributed by atoms with van der Waals surface area (Å²) in [5.74, 6) is -0.226. The van der Waals surface area contributed by atoms with E-state index in [1.807, 2.05) is 49.1 Å². The highest BCUT2D eigenvalue weighted by Gasteiger charge is 2.34. The van der Waals surface area contributed by atoms with Crippen molar-refractivity contribution in [2.24, 2.45) is 0 Å². The van der Waals surface area contributed by atoms with Gasteiger partial charge in [-0.1, -0.05) is 30.3 Å². The van der Waals surface area contributed by atoms with Gasteiger partial charge in [-0.3, -0.25) is 9.69 Å². The van der Waals surface area contributed by atoms with Gasteiger partial charge in [-0.05, 0) is 66.6 Å². The Kier molecular flexibility index (Phi) is 7.07. The van der Waals surface area contributed by atoms with Crippen LogP contribution in [0.5, 0.6) is 0 Å². The van der Waals surface area contributed by atoms with E-state index in [-0.39, 0.29) is 36.4 Å². The highest BCUT2D eigenvalue weighted by molar-refractivity contribution is 7.10. The third kappa shape index (κ3) is 5.01. The van der Waals surface area contributed by atoms with Crippen LogP contribution in [0.15, 0.2) is 60.0 Å². The number of thiophene rings is 1. The zero-order valence-corrected chi connectivity index (χ0v) is 21.4. The average molecular weight is 507 g/mol. The molecule has 0 radical (unpaired) electrons. The van der Waals surface area contributed by atoms with Crippen LogP contribution < -0.4 is 5.32 Å². The Morgan fingerprint density at radius 3 is 2.69 bits per heavy atom. The van der Waals surface area contributed by atoms with Crippen molar-refractivity contribution >= 4 is 29.0 Å². The number of fused-ring (bicyclic) bond motifs is 1. The Hall–Kier alpha value is -3.23. The zero-order chi connectivity index (χ0) is 25.2. The lowest BCUT2D eigenvalue weighted by atomic mass is 9.93. The van der Waals surface area contributed by atoms with Crippen LogP contribution in [0, 0.1) is 12.7 Å². The number of urea groups is 1. The number of benzene rings is 2. The number of aryl methyl sites for hydroxylation is 1. The molecule has 188 valence electrons. The Morgan fingerprint density at radius 2 is 1.92 bits per heavy atom. The largest absolute Gasteiger partial charge is 0.338 e. The molecule has 0 saturated carbocycles. The Labute approximate surface area is 215 Å². The molecular formula is C28H31FN4O2S. The maximum absolute atomic E-state index is 14.1. The van der Waals surface area contributed by atoms with Gasteiger partial charge in [0.2, 0.25) is 5.91 Å². The predicted octanol–water partition coefficient (Wildman–Crippen LogP) is 4.91. The minimum absolute atomic E-state index is 0.0425. The molecule has 8 heteroatoms. The highest BCUT2D eigenvalue weighted by Crippen LogP contribution is 2.37. The predicted molar refractivity (Wildman–Crippen MR) is 141 cm³/mol. The number of halogens is 1. The average Bonchev–Trinajstić information content (AvgIpc) is 3.34. The van der Waals surface area contributed by atoms with E-state index < -0.39 is 0 Å². The van der Waals surface area contributed by atoms with Crippen LogP contribution in [0.3, 0.4) is 0 Å². The lowest BCUT2D eigenvalue weighted by molar-refractivity contribution is -0.135. The first-order valence-corrected chi connectivity index (χ1v) is 13.3. The van der Waals surface area contributed by atoms with Crippen LogP contribution >= 0.6 is 11.3 Å². The van der Waals surface area contributed by atoms with E-state index in [9.17, 15) is 14.0 Å². The van der Waals surface area contributed by atoms with E-state index in [4.69, 9.17) is 0 Å². The Bertz CT molecular complexity index is 1260. The number of amides is 3. The molecule has 2 unspecified atom stereocenters. The molecule has 1 saturated heterocycles. The Morgan fingerprint density at radius 1 is 1.08 bits per heavy atom. The molecule has 3 aromatic rings.